The van der Waals surface area contributed by atoms with Crippen LogP contribution in [0.25, 0.3) is 0 Å². The average molecular weight is 1470 g/mol. The number of nitrogens with zero attached hydrogens (tertiary/aromatic N) is 4. The van der Waals surface area contributed by atoms with Crippen molar-refractivity contribution in [3.8, 4) is 5.75 Å². The summed E-state index contributed by atoms with van der Waals surface area (Å²) in [6, 6.07) is 6.22. The number of amides is 10. The molecule has 0 radical (unpaired) electrons. The molecule has 2 aromatic rings. The number of methoxy groups -OCH3 is 2. The van der Waals surface area contributed by atoms with Crippen LogP contribution in [0, 0.1) is 29.6 Å². The van der Waals surface area contributed by atoms with Gasteiger partial charge in [0.25, 0.3) is 11.8 Å². The van der Waals surface area contributed by atoms with E-state index in [2.05, 4.69) is 26.6 Å². The first-order valence-corrected chi connectivity index (χ1v) is 35.3. The molecule has 10 N–H and O–H groups in total. The van der Waals surface area contributed by atoms with Crippen molar-refractivity contribution in [3.63, 3.8) is 0 Å². The summed E-state index contributed by atoms with van der Waals surface area (Å²) in [4.78, 5) is 153. The number of benzene rings is 2. The summed E-state index contributed by atoms with van der Waals surface area (Å²) in [6.45, 7) is 19.0. The molecule has 580 valence electrons. The normalized spacial score (nSPS) is 21.4. The Hall–Kier alpha value is -8.21. The van der Waals surface area contributed by atoms with E-state index >= 15 is 0 Å². The smallest absolute Gasteiger partial charge is 0.410 e. The lowest BCUT2D eigenvalue weighted by Gasteiger charge is -2.41. The van der Waals surface area contributed by atoms with Gasteiger partial charge in [0.15, 0.2) is 6.10 Å². The van der Waals surface area contributed by atoms with Crippen molar-refractivity contribution < 1.29 is 111 Å². The molecule has 0 saturated carbocycles. The summed E-state index contributed by atoms with van der Waals surface area (Å²) in [7, 11) is 5.87. The molecular weight excluding hydrogens is 1360 g/mol. The molecule has 32 heteroatoms. The maximum atomic E-state index is 14.9. The van der Waals surface area contributed by atoms with Crippen molar-refractivity contribution >= 4 is 70.9 Å². The van der Waals surface area contributed by atoms with Crippen molar-refractivity contribution in [2.24, 2.45) is 29.6 Å². The van der Waals surface area contributed by atoms with Crippen LogP contribution in [0.15, 0.2) is 60.7 Å². The molecule has 0 aromatic heterocycles. The van der Waals surface area contributed by atoms with E-state index in [-0.39, 0.29) is 80.5 Å². The molecule has 10 amide bonds. The van der Waals surface area contributed by atoms with E-state index in [0.29, 0.717) is 31.4 Å². The first-order valence-electron chi connectivity index (χ1n) is 35.3. The maximum Gasteiger partial charge on any atom is 0.410 e. The molecule has 0 unspecified atom stereocenters. The van der Waals surface area contributed by atoms with Crippen molar-refractivity contribution in [1.82, 2.24) is 40.9 Å². The fourth-order valence-corrected chi connectivity index (χ4v) is 12.8. The molecule has 0 bridgehead atoms. The van der Waals surface area contributed by atoms with Gasteiger partial charge in [0.2, 0.25) is 47.6 Å². The van der Waals surface area contributed by atoms with Gasteiger partial charge in [-0.3, -0.25) is 53.0 Å². The number of aliphatic hydroxyl groups is 4. The Bertz CT molecular complexity index is 3250. The monoisotopic (exact) mass is 1470 g/mol. The molecule has 32 nitrogen and oxygen atoms in total. The fourth-order valence-electron chi connectivity index (χ4n) is 12.8. The van der Waals surface area contributed by atoms with Crippen molar-refractivity contribution in [2.75, 3.05) is 73.1 Å². The van der Waals surface area contributed by atoms with E-state index < -0.39 is 175 Å². The molecule has 2 fully saturated rings. The first-order chi connectivity index (χ1) is 49.1. The zero-order valence-electron chi connectivity index (χ0n) is 62.2. The maximum absolute atomic E-state index is 14.9. The van der Waals surface area contributed by atoms with Gasteiger partial charge in [-0.05, 0) is 73.6 Å². The predicted octanol–water partition coefficient (Wildman–Crippen LogP) is 1.78. The minimum Gasteiger partial charge on any atom is -0.479 e. The van der Waals surface area contributed by atoms with Crippen molar-refractivity contribution in [3.05, 3.63) is 71.8 Å². The van der Waals surface area contributed by atoms with Crippen LogP contribution >= 0.6 is 0 Å². The molecule has 3 heterocycles. The number of carboxylic acid groups (broad SMARTS) is 1. The largest absolute Gasteiger partial charge is 0.479 e. The Balaban J connectivity index is 1.25. The summed E-state index contributed by atoms with van der Waals surface area (Å²) < 4.78 is 39.9. The number of carbonyl (C=O) groups is 11. The van der Waals surface area contributed by atoms with Crippen LogP contribution < -0.4 is 31.3 Å². The summed E-state index contributed by atoms with van der Waals surface area (Å²) in [5.41, 5.74) is 0.616. The highest BCUT2D eigenvalue weighted by atomic mass is 16.7. The van der Waals surface area contributed by atoms with E-state index in [4.69, 9.17) is 33.2 Å². The van der Waals surface area contributed by atoms with Crippen LogP contribution in [0.2, 0.25) is 0 Å². The summed E-state index contributed by atoms with van der Waals surface area (Å²) in [6.07, 6.45) is -10.1. The van der Waals surface area contributed by atoms with E-state index in [0.717, 1.165) is 9.80 Å². The number of carbonyl (C=O) groups excluding carboxylic acids is 10. The number of likely N-dealkylation sites (tertiary alicyclic amines) is 1. The van der Waals surface area contributed by atoms with Gasteiger partial charge < -0.3 is 95.1 Å². The van der Waals surface area contributed by atoms with Crippen molar-refractivity contribution in [2.45, 2.75) is 206 Å². The van der Waals surface area contributed by atoms with Gasteiger partial charge in [-0.2, -0.15) is 0 Å². The van der Waals surface area contributed by atoms with Gasteiger partial charge >= 0.3 is 12.1 Å². The van der Waals surface area contributed by atoms with Crippen LogP contribution in [0.4, 0.5) is 10.5 Å². The molecule has 17 atom stereocenters. The number of likely N-dealkylation sites (N-methyl/N-ethyl adjacent to an activating group) is 2. The number of aliphatic hydroxyl groups excluding tert-OH is 4. The Kier molecular flexibility index (Phi) is 34.0. The summed E-state index contributed by atoms with van der Waals surface area (Å²) >= 11 is 0. The molecule has 2 aromatic carbocycles. The van der Waals surface area contributed by atoms with Crippen LogP contribution in [-0.4, -0.2) is 263 Å². The Morgan fingerprint density at radius 2 is 1.34 bits per heavy atom. The number of hydrogen-bond donors (Lipinski definition) is 10. The number of anilines is 1. The first kappa shape index (κ1) is 86.4. The van der Waals surface area contributed by atoms with Crippen LogP contribution in [-0.2, 0) is 83.0 Å². The van der Waals surface area contributed by atoms with Crippen molar-refractivity contribution in [1.29, 1.82) is 0 Å². The van der Waals surface area contributed by atoms with Gasteiger partial charge in [0.1, 0.15) is 54.8 Å². The van der Waals surface area contributed by atoms with Crippen LogP contribution in [0.5, 0.6) is 5.75 Å². The molecule has 3 aliphatic rings. The zero-order chi connectivity index (χ0) is 77.6. The Morgan fingerprint density at radius 1 is 0.702 bits per heavy atom. The minimum atomic E-state index is -2.10. The lowest BCUT2D eigenvalue weighted by molar-refractivity contribution is -0.271. The highest BCUT2D eigenvalue weighted by Gasteiger charge is 2.49. The number of aliphatic carboxylic acids is 1. The standard InChI is InChI=1S/C72H109N9O23/c1-16-41(8)58(50(98-14)36-54(85)80-29-20-23-48(80)63(99-15)42(9)65(90)73-43(10)59(86)46-21-18-17-19-22-46)78(12)69(94)56(39(4)5)77-68(93)57(40(6)7)79(13)72(97)102-37-45-24-25-47(49(35-45)103-71-62(89)60(87)61(88)64(104-71)70(95)96)75-66(91)44(11)74-67(92)55(38(2)3)76-51(82)28-31-100-33-34-101-32-30-81-52(83)26-27-53(81)84/h17-19,21-22,24-27,35,38-44,48,50,55-64,71,86-89H,16,20,23,28-34,36-37H2,1-15H3,(H,73,90)(H,74,92)(H,75,91)(H,76,82)(H,77,93)(H,95,96)/t41-,42+,43+,44-,48-,50+,55-,56-,57-,58-,59+,60-,61-,62+,63+,64-,71+/m0/s1. The zero-order valence-corrected chi connectivity index (χ0v) is 62.2. The second-order valence-electron chi connectivity index (χ2n) is 27.7. The highest BCUT2D eigenvalue weighted by Crippen LogP contribution is 2.34. The molecule has 104 heavy (non-hydrogen) atoms. The number of ether oxygens (including phenoxy) is 7. The summed E-state index contributed by atoms with van der Waals surface area (Å²) in [5.74, 6) is -9.42. The van der Waals surface area contributed by atoms with E-state index in [1.54, 1.807) is 91.6 Å². The molecule has 3 aliphatic heterocycles. The Morgan fingerprint density at radius 3 is 1.92 bits per heavy atom. The number of carboxylic acids is 1. The predicted molar refractivity (Wildman–Crippen MR) is 375 cm³/mol. The second kappa shape index (κ2) is 40.9. The van der Waals surface area contributed by atoms with Gasteiger partial charge in [-0.25, -0.2) is 9.59 Å². The lowest BCUT2D eigenvalue weighted by atomic mass is 9.89. The minimum absolute atomic E-state index is 0.0443. The van der Waals surface area contributed by atoms with E-state index in [1.807, 2.05) is 19.9 Å². The van der Waals surface area contributed by atoms with Crippen LogP contribution in [0.3, 0.4) is 0 Å². The number of nitrogens with one attached hydrogen (secondary N) is 5. The molecule has 5 rings (SSSR count). The topological polar surface area (TPSA) is 427 Å². The number of imide groups is 1. The number of hydrogen-bond acceptors (Lipinski definition) is 22. The van der Waals surface area contributed by atoms with Gasteiger partial charge in [0, 0.05) is 53.4 Å². The highest BCUT2D eigenvalue weighted by molar-refractivity contribution is 6.12. The van der Waals surface area contributed by atoms with Crippen LogP contribution in [0.1, 0.15) is 125 Å². The fraction of sp³-hybridized carbons (Fsp3) is 0.653. The quantitative estimate of drug-likeness (QED) is 0.0336. The molecular formula is C72H109N9O23. The molecule has 2 saturated heterocycles. The third-order valence-electron chi connectivity index (χ3n) is 19.0. The van der Waals surface area contributed by atoms with E-state index in [1.165, 1.54) is 63.4 Å². The third kappa shape index (κ3) is 23.4. The summed E-state index contributed by atoms with van der Waals surface area (Å²) in [5, 5.41) is 66.4. The van der Waals surface area contributed by atoms with Gasteiger partial charge in [-0.1, -0.05) is 105 Å². The van der Waals surface area contributed by atoms with Gasteiger partial charge in [0.05, 0.1) is 87.4 Å². The Labute approximate surface area is 607 Å². The molecule has 0 spiro atoms. The second-order valence-corrected chi connectivity index (χ2v) is 27.7. The lowest BCUT2D eigenvalue weighted by Crippen LogP contribution is -2.61. The SMILES string of the molecule is CC[C@H](C)[C@@H]([C@@H](CC(=O)N1CCC[C@H]1[C@H](OC)[C@@H](C)C(=O)N[C@H](C)[C@@H](O)c1ccccc1)OC)N(C)C(=O)[C@@H](NC(=O)[C@H](C(C)C)N(C)C(=O)OCc1ccc(NC(=O)[C@H](C)NC(=O)[C@@H](NC(=O)CCOCCOCCN2C(=O)C=CC2=O)C(C)C)c(O[C@@H]2O[C@H](C(=O)O)[C@@H](O)[C@H](O)[C@H]2O)c1)C(C)C. The third-order valence-corrected chi connectivity index (χ3v) is 19.0. The average Bonchev–Trinajstić information content (AvgIpc) is 0.965. The number of rotatable bonds is 40. The molecule has 0 aliphatic carbocycles. The van der Waals surface area contributed by atoms with Gasteiger partial charge in [-0.15, -0.1) is 0 Å². The van der Waals surface area contributed by atoms with E-state index in [9.17, 15) is 78.3 Å².